The molecule has 0 radical (unpaired) electrons. The minimum Gasteiger partial charge on any atom is -0.453 e. The number of rotatable bonds is 3. The lowest BCUT2D eigenvalue weighted by atomic mass is 10.1. The number of alkyl carbamates (subject to hydrolysis) is 1. The Labute approximate surface area is 118 Å². The average molecular weight is 273 g/mol. The van der Waals surface area contributed by atoms with Crippen LogP contribution in [-0.2, 0) is 11.3 Å². The van der Waals surface area contributed by atoms with Gasteiger partial charge >= 0.3 is 6.09 Å². The largest absolute Gasteiger partial charge is 0.453 e. The molecule has 0 unspecified atom stereocenters. The third-order valence-electron chi connectivity index (χ3n) is 3.38. The molecule has 2 aromatic rings. The topological polar surface area (TPSA) is 56.1 Å². The predicted octanol–water partition coefficient (Wildman–Crippen LogP) is 2.65. The summed E-state index contributed by atoms with van der Waals surface area (Å²) in [6.07, 6.45) is -0.438. The number of hydrogen-bond acceptors (Lipinski definition) is 3. The van der Waals surface area contributed by atoms with Gasteiger partial charge in [0.05, 0.1) is 18.5 Å². The van der Waals surface area contributed by atoms with Crippen molar-refractivity contribution in [1.82, 2.24) is 15.1 Å². The molecule has 0 aliphatic heterocycles. The monoisotopic (exact) mass is 273 g/mol. The molecule has 0 saturated carbocycles. The molecule has 20 heavy (non-hydrogen) atoms. The van der Waals surface area contributed by atoms with E-state index < -0.39 is 6.09 Å². The van der Waals surface area contributed by atoms with Crippen molar-refractivity contribution in [3.05, 3.63) is 46.8 Å². The van der Waals surface area contributed by atoms with Crippen molar-refractivity contribution in [2.75, 3.05) is 7.11 Å². The van der Waals surface area contributed by atoms with Crippen molar-refractivity contribution >= 4 is 6.09 Å². The van der Waals surface area contributed by atoms with Gasteiger partial charge in [-0.05, 0) is 32.4 Å². The van der Waals surface area contributed by atoms with Crippen LogP contribution in [0, 0.1) is 20.8 Å². The number of nitrogens with one attached hydrogen (secondary N) is 1. The Balaban J connectivity index is 2.34. The maximum Gasteiger partial charge on any atom is 0.407 e. The highest BCUT2D eigenvalue weighted by atomic mass is 16.5. The number of hydrogen-bond donors (Lipinski definition) is 1. The lowest BCUT2D eigenvalue weighted by Gasteiger charge is -2.08. The molecule has 0 atom stereocenters. The number of ether oxygens (including phenoxy) is 1. The molecule has 0 spiro atoms. The van der Waals surface area contributed by atoms with Gasteiger partial charge in [-0.15, -0.1) is 0 Å². The number of amides is 1. The fraction of sp³-hybridized carbons (Fsp3) is 0.333. The first-order chi connectivity index (χ1) is 9.54. The van der Waals surface area contributed by atoms with Crippen molar-refractivity contribution in [3.63, 3.8) is 0 Å². The van der Waals surface area contributed by atoms with E-state index in [4.69, 9.17) is 0 Å². The average Bonchev–Trinajstić information content (AvgIpc) is 2.72. The molecular formula is C15H19N3O2. The fourth-order valence-corrected chi connectivity index (χ4v) is 2.20. The Bertz CT molecular complexity index is 632. The van der Waals surface area contributed by atoms with Gasteiger partial charge in [0, 0.05) is 17.8 Å². The number of aryl methyl sites for hydroxylation is 2. The number of carbonyl (C=O) groups is 1. The van der Waals surface area contributed by atoms with E-state index >= 15 is 0 Å². The summed E-state index contributed by atoms with van der Waals surface area (Å²) in [5, 5.41) is 7.26. The molecule has 0 bridgehead atoms. The molecule has 5 nitrogen and oxygen atoms in total. The Morgan fingerprint density at radius 2 is 2.00 bits per heavy atom. The van der Waals surface area contributed by atoms with E-state index in [2.05, 4.69) is 28.1 Å². The predicted molar refractivity (Wildman–Crippen MR) is 77.0 cm³/mol. The van der Waals surface area contributed by atoms with Gasteiger partial charge in [-0.3, -0.25) is 0 Å². The van der Waals surface area contributed by atoms with Crippen LogP contribution < -0.4 is 5.32 Å². The second kappa shape index (κ2) is 5.77. The van der Waals surface area contributed by atoms with Gasteiger partial charge in [0.2, 0.25) is 0 Å². The number of benzene rings is 1. The first kappa shape index (κ1) is 14.1. The zero-order valence-electron chi connectivity index (χ0n) is 12.2. The molecule has 106 valence electrons. The zero-order valence-corrected chi connectivity index (χ0v) is 12.2. The Morgan fingerprint density at radius 1 is 1.30 bits per heavy atom. The minimum absolute atomic E-state index is 0.413. The van der Waals surface area contributed by atoms with E-state index in [1.54, 1.807) is 0 Å². The van der Waals surface area contributed by atoms with Crippen molar-refractivity contribution in [3.8, 4) is 5.69 Å². The third-order valence-corrected chi connectivity index (χ3v) is 3.38. The van der Waals surface area contributed by atoms with E-state index in [1.165, 1.54) is 7.11 Å². The normalized spacial score (nSPS) is 10.4. The lowest BCUT2D eigenvalue weighted by molar-refractivity contribution is 0.170. The summed E-state index contributed by atoms with van der Waals surface area (Å²) in [6.45, 7) is 6.41. The van der Waals surface area contributed by atoms with Crippen LogP contribution in [0.5, 0.6) is 0 Å². The SMILES string of the molecule is COC(=O)NCc1c(C)nn(-c2ccccc2C)c1C. The highest BCUT2D eigenvalue weighted by Crippen LogP contribution is 2.20. The molecule has 0 fully saturated rings. The summed E-state index contributed by atoms with van der Waals surface area (Å²) >= 11 is 0. The number of carbonyl (C=O) groups excluding carboxylic acids is 1. The van der Waals surface area contributed by atoms with Crippen molar-refractivity contribution < 1.29 is 9.53 Å². The molecule has 0 aliphatic rings. The smallest absolute Gasteiger partial charge is 0.407 e. The number of aromatic nitrogens is 2. The molecule has 1 heterocycles. The van der Waals surface area contributed by atoms with E-state index in [0.29, 0.717) is 6.54 Å². The molecule has 5 heteroatoms. The second-order valence-corrected chi connectivity index (χ2v) is 4.69. The van der Waals surface area contributed by atoms with Gasteiger partial charge in [-0.2, -0.15) is 5.10 Å². The Kier molecular flexibility index (Phi) is 4.08. The first-order valence-corrected chi connectivity index (χ1v) is 6.47. The number of methoxy groups -OCH3 is 1. The van der Waals surface area contributed by atoms with Gasteiger partial charge < -0.3 is 10.1 Å². The van der Waals surface area contributed by atoms with Crippen LogP contribution in [0.25, 0.3) is 5.69 Å². The number of nitrogens with zero attached hydrogens (tertiary/aromatic N) is 2. The van der Waals surface area contributed by atoms with Crippen LogP contribution in [0.15, 0.2) is 24.3 Å². The summed E-state index contributed by atoms with van der Waals surface area (Å²) < 4.78 is 6.50. The summed E-state index contributed by atoms with van der Waals surface area (Å²) in [6, 6.07) is 8.08. The zero-order chi connectivity index (χ0) is 14.7. The molecule has 1 N–H and O–H groups in total. The van der Waals surface area contributed by atoms with Gasteiger partial charge in [-0.1, -0.05) is 18.2 Å². The highest BCUT2D eigenvalue weighted by Gasteiger charge is 2.14. The molecule has 0 aliphatic carbocycles. The summed E-state index contributed by atoms with van der Waals surface area (Å²) in [4.78, 5) is 11.2. The van der Waals surface area contributed by atoms with Crippen molar-refractivity contribution in [1.29, 1.82) is 0 Å². The molecule has 0 saturated heterocycles. The van der Waals surface area contributed by atoms with Crippen LogP contribution in [-0.4, -0.2) is 23.0 Å². The van der Waals surface area contributed by atoms with Gasteiger partial charge in [0.1, 0.15) is 0 Å². The second-order valence-electron chi connectivity index (χ2n) is 4.69. The standard InChI is InChI=1S/C15H19N3O2/c1-10-7-5-6-8-14(10)18-12(3)13(11(2)17-18)9-16-15(19)20-4/h5-8H,9H2,1-4H3,(H,16,19). The molecule has 1 aromatic heterocycles. The van der Waals surface area contributed by atoms with Crippen molar-refractivity contribution in [2.45, 2.75) is 27.3 Å². The quantitative estimate of drug-likeness (QED) is 0.935. The van der Waals surface area contributed by atoms with Crippen LogP contribution in [0.4, 0.5) is 4.79 Å². The molecule has 2 rings (SSSR count). The molecule has 1 aromatic carbocycles. The van der Waals surface area contributed by atoms with Gasteiger partial charge in [0.25, 0.3) is 0 Å². The third kappa shape index (κ3) is 2.66. The van der Waals surface area contributed by atoms with E-state index in [-0.39, 0.29) is 0 Å². The van der Waals surface area contributed by atoms with Crippen LogP contribution in [0.1, 0.15) is 22.5 Å². The van der Waals surface area contributed by atoms with Crippen LogP contribution in [0.3, 0.4) is 0 Å². The van der Waals surface area contributed by atoms with Gasteiger partial charge in [0.15, 0.2) is 0 Å². The van der Waals surface area contributed by atoms with E-state index in [1.807, 2.05) is 36.7 Å². The highest BCUT2D eigenvalue weighted by molar-refractivity contribution is 5.67. The maximum atomic E-state index is 11.2. The van der Waals surface area contributed by atoms with E-state index in [0.717, 1.165) is 28.2 Å². The molecular weight excluding hydrogens is 254 g/mol. The van der Waals surface area contributed by atoms with E-state index in [9.17, 15) is 4.79 Å². The first-order valence-electron chi connectivity index (χ1n) is 6.47. The van der Waals surface area contributed by atoms with Crippen LogP contribution in [0.2, 0.25) is 0 Å². The Hall–Kier alpha value is -2.30. The summed E-state index contributed by atoms with van der Waals surface area (Å²) in [5.41, 5.74) is 5.15. The molecule has 1 amide bonds. The minimum atomic E-state index is -0.438. The summed E-state index contributed by atoms with van der Waals surface area (Å²) in [7, 11) is 1.35. The van der Waals surface area contributed by atoms with Gasteiger partial charge in [-0.25, -0.2) is 9.48 Å². The fourth-order valence-electron chi connectivity index (χ4n) is 2.20. The maximum absolute atomic E-state index is 11.2. The van der Waals surface area contributed by atoms with Crippen molar-refractivity contribution in [2.24, 2.45) is 0 Å². The Morgan fingerprint density at radius 3 is 2.65 bits per heavy atom. The number of para-hydroxylation sites is 1. The van der Waals surface area contributed by atoms with Crippen LogP contribution >= 0.6 is 0 Å². The summed E-state index contributed by atoms with van der Waals surface area (Å²) in [5.74, 6) is 0. The lowest BCUT2D eigenvalue weighted by Crippen LogP contribution is -2.22.